The molecular formula is C20H20F3N5O3S. The number of amides is 2. The van der Waals surface area contributed by atoms with Crippen LogP contribution < -0.4 is 11.1 Å². The Hall–Kier alpha value is -3.28. The third-order valence-corrected chi connectivity index (χ3v) is 5.50. The summed E-state index contributed by atoms with van der Waals surface area (Å²) in [6, 6.07) is 8.22. The number of hydrogen-bond donors (Lipinski definition) is 2. The largest absolute Gasteiger partial charge is 0.467 e. The number of aryl methyl sites for hydroxylation is 1. The number of furan rings is 1. The molecule has 32 heavy (non-hydrogen) atoms. The third kappa shape index (κ3) is 5.90. The number of anilines is 1. The number of halogens is 3. The summed E-state index contributed by atoms with van der Waals surface area (Å²) in [4.78, 5) is 23.8. The van der Waals surface area contributed by atoms with Crippen LogP contribution in [0.25, 0.3) is 0 Å². The van der Waals surface area contributed by atoms with Crippen LogP contribution in [-0.2, 0) is 28.7 Å². The van der Waals surface area contributed by atoms with Gasteiger partial charge in [-0.1, -0.05) is 23.9 Å². The van der Waals surface area contributed by atoms with Gasteiger partial charge in [-0.3, -0.25) is 14.2 Å². The molecule has 0 saturated carbocycles. The second-order valence-electron chi connectivity index (χ2n) is 6.82. The number of primary amides is 1. The maximum absolute atomic E-state index is 13.2. The van der Waals surface area contributed by atoms with Gasteiger partial charge in [-0.2, -0.15) is 13.2 Å². The molecule has 1 atom stereocenters. The molecule has 3 N–H and O–H groups in total. The number of thioether (sulfide) groups is 1. The van der Waals surface area contributed by atoms with Gasteiger partial charge < -0.3 is 15.5 Å². The average Bonchev–Trinajstić information content (AvgIpc) is 3.37. The highest BCUT2D eigenvalue weighted by Crippen LogP contribution is 2.35. The van der Waals surface area contributed by atoms with E-state index in [4.69, 9.17) is 10.2 Å². The molecule has 8 nitrogen and oxygen atoms in total. The Balaban J connectivity index is 1.77. The van der Waals surface area contributed by atoms with E-state index in [0.29, 0.717) is 16.7 Å². The van der Waals surface area contributed by atoms with Crippen molar-refractivity contribution in [3.8, 4) is 0 Å². The SMILES string of the molecule is CC(Sc1nnc(CCC(N)=O)n1Cc1ccco1)C(=O)Nc1ccccc1C(F)(F)F. The average molecular weight is 467 g/mol. The van der Waals surface area contributed by atoms with Crippen LogP contribution in [0.3, 0.4) is 0 Å². The number of carbonyl (C=O) groups excluding carboxylic acids is 2. The third-order valence-electron chi connectivity index (χ3n) is 4.42. The van der Waals surface area contributed by atoms with Gasteiger partial charge >= 0.3 is 6.18 Å². The summed E-state index contributed by atoms with van der Waals surface area (Å²) >= 11 is 1.03. The molecular weight excluding hydrogens is 447 g/mol. The van der Waals surface area contributed by atoms with Crippen LogP contribution in [0, 0.1) is 0 Å². The standard InChI is InChI=1S/C20H20F3N5O3S/c1-12(18(30)25-15-7-3-2-6-14(15)20(21,22)23)32-19-27-26-17(9-8-16(24)29)28(19)11-13-5-4-10-31-13/h2-7,10,12H,8-9,11H2,1H3,(H2,24,29)(H,25,30). The summed E-state index contributed by atoms with van der Waals surface area (Å²) in [5, 5.41) is 10.1. The van der Waals surface area contributed by atoms with E-state index in [1.165, 1.54) is 24.5 Å². The van der Waals surface area contributed by atoms with Gasteiger partial charge in [0.1, 0.15) is 11.6 Å². The van der Waals surface area contributed by atoms with Crippen molar-refractivity contribution in [2.24, 2.45) is 5.73 Å². The van der Waals surface area contributed by atoms with Crippen molar-refractivity contribution in [3.05, 3.63) is 59.8 Å². The molecule has 0 aliphatic carbocycles. The molecule has 2 aromatic heterocycles. The van der Waals surface area contributed by atoms with Gasteiger partial charge in [-0.05, 0) is 31.2 Å². The number of nitrogens with two attached hydrogens (primary N) is 1. The summed E-state index contributed by atoms with van der Waals surface area (Å²) < 4.78 is 46.6. The number of rotatable bonds is 9. The number of benzene rings is 1. The zero-order valence-electron chi connectivity index (χ0n) is 16.9. The van der Waals surface area contributed by atoms with Crippen molar-refractivity contribution in [3.63, 3.8) is 0 Å². The molecule has 2 amide bonds. The summed E-state index contributed by atoms with van der Waals surface area (Å²) in [5.41, 5.74) is 3.96. The van der Waals surface area contributed by atoms with E-state index in [9.17, 15) is 22.8 Å². The maximum atomic E-state index is 13.2. The van der Waals surface area contributed by atoms with E-state index in [0.717, 1.165) is 17.8 Å². The lowest BCUT2D eigenvalue weighted by Gasteiger charge is -2.16. The second kappa shape index (κ2) is 9.90. The van der Waals surface area contributed by atoms with Gasteiger partial charge in [0.25, 0.3) is 0 Å². The zero-order chi connectivity index (χ0) is 23.3. The fraction of sp³-hybridized carbons (Fsp3) is 0.300. The van der Waals surface area contributed by atoms with E-state index < -0.39 is 28.8 Å². The molecule has 0 spiro atoms. The Kier molecular flexibility index (Phi) is 7.23. The van der Waals surface area contributed by atoms with Crippen LogP contribution in [-0.4, -0.2) is 31.8 Å². The summed E-state index contributed by atoms with van der Waals surface area (Å²) in [6.07, 6.45) is -2.79. The normalized spacial score (nSPS) is 12.5. The lowest BCUT2D eigenvalue weighted by Crippen LogP contribution is -2.24. The smallest absolute Gasteiger partial charge is 0.418 e. The van der Waals surface area contributed by atoms with Crippen LogP contribution in [0.1, 0.15) is 30.5 Å². The minimum atomic E-state index is -4.60. The molecule has 0 saturated heterocycles. The van der Waals surface area contributed by atoms with E-state index >= 15 is 0 Å². The quantitative estimate of drug-likeness (QED) is 0.466. The number of hydrogen-bond acceptors (Lipinski definition) is 6. The summed E-state index contributed by atoms with van der Waals surface area (Å²) in [5.74, 6) is -0.0540. The highest BCUT2D eigenvalue weighted by Gasteiger charge is 2.34. The van der Waals surface area contributed by atoms with Gasteiger partial charge in [0.05, 0.1) is 29.3 Å². The highest BCUT2D eigenvalue weighted by atomic mass is 32.2. The monoisotopic (exact) mass is 467 g/mol. The molecule has 2 heterocycles. The van der Waals surface area contributed by atoms with Gasteiger partial charge in [0.15, 0.2) is 5.16 Å². The van der Waals surface area contributed by atoms with Crippen LogP contribution in [0.4, 0.5) is 18.9 Å². The van der Waals surface area contributed by atoms with Gasteiger partial charge in [-0.15, -0.1) is 10.2 Å². The predicted molar refractivity (Wildman–Crippen MR) is 111 cm³/mol. The Morgan fingerprint density at radius 1 is 1.22 bits per heavy atom. The fourth-order valence-electron chi connectivity index (χ4n) is 2.83. The van der Waals surface area contributed by atoms with E-state index in [1.54, 1.807) is 23.6 Å². The Bertz CT molecular complexity index is 1080. The number of carbonyl (C=O) groups is 2. The molecule has 3 rings (SSSR count). The van der Waals surface area contributed by atoms with Crippen LogP contribution in [0.2, 0.25) is 0 Å². The molecule has 3 aromatic rings. The van der Waals surface area contributed by atoms with E-state index in [-0.39, 0.29) is 25.1 Å². The Morgan fingerprint density at radius 3 is 2.62 bits per heavy atom. The first kappa shape index (κ1) is 23.4. The number of nitrogens with zero attached hydrogens (tertiary/aromatic N) is 3. The number of aromatic nitrogens is 3. The minimum absolute atomic E-state index is 0.0607. The number of para-hydroxylation sites is 1. The van der Waals surface area contributed by atoms with Crippen molar-refractivity contribution < 1.29 is 27.2 Å². The Labute approximate surface area is 185 Å². The fourth-order valence-corrected chi connectivity index (χ4v) is 3.70. The first-order chi connectivity index (χ1) is 15.1. The van der Waals surface area contributed by atoms with Gasteiger partial charge in [0.2, 0.25) is 11.8 Å². The van der Waals surface area contributed by atoms with Crippen molar-refractivity contribution in [2.45, 2.75) is 42.9 Å². The molecule has 1 unspecified atom stereocenters. The van der Waals surface area contributed by atoms with Gasteiger partial charge in [0, 0.05) is 12.8 Å². The van der Waals surface area contributed by atoms with Crippen LogP contribution in [0.5, 0.6) is 0 Å². The van der Waals surface area contributed by atoms with Crippen molar-refractivity contribution in [1.82, 2.24) is 14.8 Å². The first-order valence-corrected chi connectivity index (χ1v) is 10.4. The number of alkyl halides is 3. The van der Waals surface area contributed by atoms with Crippen LogP contribution in [0.15, 0.2) is 52.2 Å². The molecule has 0 aliphatic rings. The predicted octanol–water partition coefficient (Wildman–Crippen LogP) is 3.48. The van der Waals surface area contributed by atoms with E-state index in [1.807, 2.05) is 0 Å². The van der Waals surface area contributed by atoms with Crippen molar-refractivity contribution >= 4 is 29.3 Å². The summed E-state index contributed by atoms with van der Waals surface area (Å²) in [7, 11) is 0. The number of nitrogens with one attached hydrogen (secondary N) is 1. The molecule has 0 bridgehead atoms. The first-order valence-electron chi connectivity index (χ1n) is 9.51. The minimum Gasteiger partial charge on any atom is -0.467 e. The molecule has 0 fully saturated rings. The molecule has 12 heteroatoms. The Morgan fingerprint density at radius 2 is 1.97 bits per heavy atom. The lowest BCUT2D eigenvalue weighted by molar-refractivity contribution is -0.137. The lowest BCUT2D eigenvalue weighted by atomic mass is 10.1. The van der Waals surface area contributed by atoms with E-state index in [2.05, 4.69) is 15.5 Å². The summed E-state index contributed by atoms with van der Waals surface area (Å²) in [6.45, 7) is 1.80. The second-order valence-corrected chi connectivity index (χ2v) is 8.13. The zero-order valence-corrected chi connectivity index (χ0v) is 17.7. The van der Waals surface area contributed by atoms with Crippen LogP contribution >= 0.6 is 11.8 Å². The van der Waals surface area contributed by atoms with Crippen molar-refractivity contribution in [1.29, 1.82) is 0 Å². The molecule has 1 aromatic carbocycles. The molecule has 170 valence electrons. The maximum Gasteiger partial charge on any atom is 0.418 e. The molecule has 0 aliphatic heterocycles. The topological polar surface area (TPSA) is 116 Å². The molecule has 0 radical (unpaired) electrons. The van der Waals surface area contributed by atoms with Gasteiger partial charge in [-0.25, -0.2) is 0 Å². The van der Waals surface area contributed by atoms with Crippen molar-refractivity contribution in [2.75, 3.05) is 5.32 Å². The highest BCUT2D eigenvalue weighted by molar-refractivity contribution is 8.00.